The van der Waals surface area contributed by atoms with Gasteiger partial charge in [-0.25, -0.2) is 4.79 Å². The van der Waals surface area contributed by atoms with Gasteiger partial charge in [-0.15, -0.1) is 0 Å². The largest absolute Gasteiger partial charge is 0.444 e. The second kappa shape index (κ2) is 7.08. The zero-order valence-corrected chi connectivity index (χ0v) is 15.6. The fraction of sp³-hybridized carbons (Fsp3) is 0.474. The van der Waals surface area contributed by atoms with Gasteiger partial charge in [0.2, 0.25) is 0 Å². The molecule has 0 aliphatic carbocycles. The van der Waals surface area contributed by atoms with E-state index < -0.39 is 5.60 Å². The van der Waals surface area contributed by atoms with Crippen molar-refractivity contribution < 1.29 is 9.53 Å². The lowest BCUT2D eigenvalue weighted by molar-refractivity contribution is 0.0210. The second-order valence-electron chi connectivity index (χ2n) is 7.41. The number of nitrogens with zero attached hydrogens (tertiary/aromatic N) is 2. The first-order chi connectivity index (χ1) is 11.8. The SMILES string of the molecule is CC(C)(C)OC(=O)N1CCC(Nc2cccc3cncc(Cl)c23)CC1. The molecule has 1 aromatic heterocycles. The van der Waals surface area contributed by atoms with Crippen LogP contribution in [-0.4, -0.2) is 40.7 Å². The molecule has 1 saturated heterocycles. The zero-order valence-electron chi connectivity index (χ0n) is 14.9. The van der Waals surface area contributed by atoms with Gasteiger partial charge < -0.3 is 15.0 Å². The number of benzene rings is 1. The van der Waals surface area contributed by atoms with Crippen LogP contribution in [0.25, 0.3) is 10.8 Å². The second-order valence-corrected chi connectivity index (χ2v) is 7.82. The number of hydrogen-bond donors (Lipinski definition) is 1. The third kappa shape index (κ3) is 4.34. The summed E-state index contributed by atoms with van der Waals surface area (Å²) < 4.78 is 5.45. The minimum Gasteiger partial charge on any atom is -0.444 e. The van der Waals surface area contributed by atoms with Gasteiger partial charge in [-0.1, -0.05) is 23.7 Å². The Morgan fingerprint density at radius 3 is 2.68 bits per heavy atom. The van der Waals surface area contributed by atoms with Crippen molar-refractivity contribution in [2.24, 2.45) is 0 Å². The van der Waals surface area contributed by atoms with Crippen molar-refractivity contribution in [1.29, 1.82) is 0 Å². The summed E-state index contributed by atoms with van der Waals surface area (Å²) >= 11 is 6.33. The van der Waals surface area contributed by atoms with Gasteiger partial charge >= 0.3 is 6.09 Å². The molecule has 1 amide bonds. The Hall–Kier alpha value is -2.01. The van der Waals surface area contributed by atoms with Gasteiger partial charge in [-0.05, 0) is 39.7 Å². The maximum atomic E-state index is 12.2. The van der Waals surface area contributed by atoms with E-state index in [4.69, 9.17) is 16.3 Å². The third-order valence-corrected chi connectivity index (χ3v) is 4.53. The number of carbonyl (C=O) groups excluding carboxylic acids is 1. The molecule has 6 heteroatoms. The number of hydrogen-bond acceptors (Lipinski definition) is 4. The van der Waals surface area contributed by atoms with Crippen molar-refractivity contribution in [3.05, 3.63) is 35.6 Å². The standard InChI is InChI=1S/C19H24ClN3O2/c1-19(2,3)25-18(24)23-9-7-14(8-10-23)22-16-6-4-5-13-11-21-12-15(20)17(13)16/h4-6,11-12,14,22H,7-10H2,1-3H3. The molecule has 1 fully saturated rings. The lowest BCUT2D eigenvalue weighted by Gasteiger charge is -2.34. The van der Waals surface area contributed by atoms with Crippen LogP contribution in [0.5, 0.6) is 0 Å². The maximum absolute atomic E-state index is 12.2. The number of anilines is 1. The van der Waals surface area contributed by atoms with Crippen LogP contribution < -0.4 is 5.32 Å². The van der Waals surface area contributed by atoms with E-state index >= 15 is 0 Å². The van der Waals surface area contributed by atoms with Crippen molar-refractivity contribution in [1.82, 2.24) is 9.88 Å². The molecule has 0 radical (unpaired) electrons. The van der Waals surface area contributed by atoms with E-state index in [0.717, 1.165) is 29.3 Å². The molecule has 0 spiro atoms. The predicted molar refractivity (Wildman–Crippen MR) is 101 cm³/mol. The number of rotatable bonds is 2. The smallest absolute Gasteiger partial charge is 0.410 e. The number of carbonyl (C=O) groups is 1. The maximum Gasteiger partial charge on any atom is 0.410 e. The van der Waals surface area contributed by atoms with Crippen LogP contribution in [0.2, 0.25) is 5.02 Å². The molecule has 1 N–H and O–H groups in total. The van der Waals surface area contributed by atoms with Crippen LogP contribution in [-0.2, 0) is 4.74 Å². The molecule has 2 aromatic rings. The average molecular weight is 362 g/mol. The lowest BCUT2D eigenvalue weighted by atomic mass is 10.0. The van der Waals surface area contributed by atoms with E-state index in [9.17, 15) is 4.79 Å². The molecule has 0 saturated carbocycles. The van der Waals surface area contributed by atoms with E-state index in [0.29, 0.717) is 24.2 Å². The topological polar surface area (TPSA) is 54.5 Å². The van der Waals surface area contributed by atoms with Gasteiger partial charge in [0, 0.05) is 48.0 Å². The quantitative estimate of drug-likeness (QED) is 0.842. The number of halogens is 1. The summed E-state index contributed by atoms with van der Waals surface area (Å²) in [6.45, 7) is 7.04. The van der Waals surface area contributed by atoms with Crippen LogP contribution in [0.4, 0.5) is 10.5 Å². The summed E-state index contributed by atoms with van der Waals surface area (Å²) in [6, 6.07) is 6.34. The Morgan fingerprint density at radius 1 is 1.28 bits per heavy atom. The van der Waals surface area contributed by atoms with Crippen molar-refractivity contribution >= 4 is 34.2 Å². The van der Waals surface area contributed by atoms with Crippen molar-refractivity contribution in [3.63, 3.8) is 0 Å². The molecule has 134 valence electrons. The predicted octanol–water partition coefficient (Wildman–Crippen LogP) is 4.70. The number of amides is 1. The van der Waals surface area contributed by atoms with Crippen LogP contribution in [0.1, 0.15) is 33.6 Å². The average Bonchev–Trinajstić information content (AvgIpc) is 2.54. The molecule has 25 heavy (non-hydrogen) atoms. The minimum atomic E-state index is -0.458. The normalized spacial score (nSPS) is 16.1. The van der Waals surface area contributed by atoms with Gasteiger partial charge in [0.25, 0.3) is 0 Å². The highest BCUT2D eigenvalue weighted by Crippen LogP contribution is 2.31. The Bertz CT molecular complexity index is 760. The van der Waals surface area contributed by atoms with Gasteiger partial charge in [0.05, 0.1) is 5.02 Å². The van der Waals surface area contributed by atoms with Gasteiger partial charge in [0.1, 0.15) is 5.60 Å². The summed E-state index contributed by atoms with van der Waals surface area (Å²) in [5, 5.41) is 6.24. The molecular weight excluding hydrogens is 338 g/mol. The Labute approximate surface area is 153 Å². The highest BCUT2D eigenvalue weighted by Gasteiger charge is 2.27. The number of ether oxygens (including phenoxy) is 1. The lowest BCUT2D eigenvalue weighted by Crippen LogP contribution is -2.44. The molecule has 5 nitrogen and oxygen atoms in total. The van der Waals surface area contributed by atoms with Crippen LogP contribution >= 0.6 is 11.6 Å². The van der Waals surface area contributed by atoms with Gasteiger partial charge in [0.15, 0.2) is 0 Å². The van der Waals surface area contributed by atoms with E-state index in [1.54, 1.807) is 11.1 Å². The monoisotopic (exact) mass is 361 g/mol. The van der Waals surface area contributed by atoms with Gasteiger partial charge in [-0.3, -0.25) is 4.98 Å². The zero-order chi connectivity index (χ0) is 18.0. The van der Waals surface area contributed by atoms with E-state index in [-0.39, 0.29) is 6.09 Å². The number of fused-ring (bicyclic) bond motifs is 1. The van der Waals surface area contributed by atoms with Crippen molar-refractivity contribution in [2.45, 2.75) is 45.3 Å². The molecule has 0 unspecified atom stereocenters. The number of aromatic nitrogens is 1. The number of pyridine rings is 1. The van der Waals surface area contributed by atoms with Crippen LogP contribution in [0, 0.1) is 0 Å². The Morgan fingerprint density at radius 2 is 2.00 bits per heavy atom. The fourth-order valence-corrected chi connectivity index (χ4v) is 3.33. The fourth-order valence-electron chi connectivity index (χ4n) is 3.06. The van der Waals surface area contributed by atoms with Crippen LogP contribution in [0.15, 0.2) is 30.6 Å². The van der Waals surface area contributed by atoms with E-state index in [1.165, 1.54) is 0 Å². The molecule has 0 bridgehead atoms. The summed E-state index contributed by atoms with van der Waals surface area (Å²) in [5.74, 6) is 0. The minimum absolute atomic E-state index is 0.231. The van der Waals surface area contributed by atoms with E-state index in [2.05, 4.69) is 10.3 Å². The Balaban J connectivity index is 1.64. The highest BCUT2D eigenvalue weighted by atomic mass is 35.5. The summed E-state index contributed by atoms with van der Waals surface area (Å²) in [7, 11) is 0. The first-order valence-electron chi connectivity index (χ1n) is 8.60. The summed E-state index contributed by atoms with van der Waals surface area (Å²) in [6.07, 6.45) is 5.00. The van der Waals surface area contributed by atoms with Crippen LogP contribution in [0.3, 0.4) is 0 Å². The molecular formula is C19H24ClN3O2. The number of nitrogens with one attached hydrogen (secondary N) is 1. The first kappa shape index (κ1) is 17.8. The van der Waals surface area contributed by atoms with E-state index in [1.807, 2.05) is 45.2 Å². The highest BCUT2D eigenvalue weighted by molar-refractivity contribution is 6.36. The molecule has 2 heterocycles. The summed E-state index contributed by atoms with van der Waals surface area (Å²) in [4.78, 5) is 18.1. The molecule has 0 atom stereocenters. The van der Waals surface area contributed by atoms with Crippen molar-refractivity contribution in [3.8, 4) is 0 Å². The summed E-state index contributed by atoms with van der Waals surface area (Å²) in [5.41, 5.74) is 0.556. The molecule has 3 rings (SSSR count). The van der Waals surface area contributed by atoms with Gasteiger partial charge in [-0.2, -0.15) is 0 Å². The molecule has 1 aliphatic rings. The Kier molecular flexibility index (Phi) is 5.04. The van der Waals surface area contributed by atoms with Crippen molar-refractivity contribution in [2.75, 3.05) is 18.4 Å². The third-order valence-electron chi connectivity index (χ3n) is 4.24. The molecule has 1 aliphatic heterocycles. The number of likely N-dealkylation sites (tertiary alicyclic amines) is 1. The molecule has 1 aromatic carbocycles. The first-order valence-corrected chi connectivity index (χ1v) is 8.98. The number of piperidine rings is 1.